The Morgan fingerprint density at radius 1 is 1.07 bits per heavy atom. The lowest BCUT2D eigenvalue weighted by Gasteiger charge is -2.13. The first-order chi connectivity index (χ1) is 12.9. The molecule has 0 aliphatic rings. The zero-order valence-corrected chi connectivity index (χ0v) is 15.9. The maximum atomic E-state index is 11.7. The van der Waals surface area contributed by atoms with Crippen LogP contribution >= 0.6 is 11.8 Å². The number of carboxylic acids is 1. The normalized spacial score (nSPS) is 10.3. The smallest absolute Gasteiger partial charge is 0.339 e. The van der Waals surface area contributed by atoms with Crippen LogP contribution in [0.3, 0.4) is 0 Å². The number of benzene rings is 2. The van der Waals surface area contributed by atoms with E-state index in [1.54, 1.807) is 42.5 Å². The van der Waals surface area contributed by atoms with E-state index < -0.39 is 11.9 Å². The van der Waals surface area contributed by atoms with Crippen molar-refractivity contribution in [2.75, 3.05) is 12.9 Å². The Hall–Kier alpha value is -2.80. The molecule has 0 aliphatic carbocycles. The number of carbonyl (C=O) groups is 3. The molecule has 0 amide bonds. The topological polar surface area (TPSA) is 89.9 Å². The SMILES string of the molecule is COC(=O)c1ccc(COc2cccc(CCSC(C)=O)c2C(=O)O)cc1. The highest BCUT2D eigenvalue weighted by Gasteiger charge is 2.17. The fourth-order valence-corrected chi connectivity index (χ4v) is 3.08. The maximum absolute atomic E-state index is 11.7. The Morgan fingerprint density at radius 3 is 2.37 bits per heavy atom. The highest BCUT2D eigenvalue weighted by Crippen LogP contribution is 2.25. The number of carboxylic acid groups (broad SMARTS) is 1. The monoisotopic (exact) mass is 388 g/mol. The van der Waals surface area contributed by atoms with Crippen molar-refractivity contribution < 1.29 is 29.0 Å². The van der Waals surface area contributed by atoms with E-state index in [0.717, 1.165) is 17.3 Å². The second-order valence-electron chi connectivity index (χ2n) is 5.66. The summed E-state index contributed by atoms with van der Waals surface area (Å²) in [6, 6.07) is 11.8. The molecule has 27 heavy (non-hydrogen) atoms. The first-order valence-corrected chi connectivity index (χ1v) is 9.19. The molecule has 0 unspecified atom stereocenters. The Morgan fingerprint density at radius 2 is 1.78 bits per heavy atom. The Bertz CT molecular complexity index is 829. The van der Waals surface area contributed by atoms with Gasteiger partial charge in [-0.2, -0.15) is 0 Å². The molecule has 0 saturated carbocycles. The molecule has 0 fully saturated rings. The molecule has 0 aromatic heterocycles. The van der Waals surface area contributed by atoms with Crippen LogP contribution in [-0.4, -0.2) is 35.0 Å². The van der Waals surface area contributed by atoms with Crippen molar-refractivity contribution in [3.8, 4) is 5.75 Å². The van der Waals surface area contributed by atoms with Crippen molar-refractivity contribution in [2.24, 2.45) is 0 Å². The molecule has 0 atom stereocenters. The molecule has 2 aromatic carbocycles. The van der Waals surface area contributed by atoms with Crippen molar-refractivity contribution >= 4 is 28.8 Å². The van der Waals surface area contributed by atoms with Crippen LogP contribution in [-0.2, 0) is 22.6 Å². The molecule has 7 heteroatoms. The molecule has 2 rings (SSSR count). The van der Waals surface area contributed by atoms with Crippen LogP contribution in [0.5, 0.6) is 5.75 Å². The molecular formula is C20H20O6S. The number of esters is 1. The molecule has 0 saturated heterocycles. The van der Waals surface area contributed by atoms with Gasteiger partial charge >= 0.3 is 11.9 Å². The van der Waals surface area contributed by atoms with Crippen LogP contribution in [0.2, 0.25) is 0 Å². The molecule has 142 valence electrons. The summed E-state index contributed by atoms with van der Waals surface area (Å²) in [4.78, 5) is 34.2. The van der Waals surface area contributed by atoms with Gasteiger partial charge in [-0.1, -0.05) is 36.0 Å². The number of hydrogen-bond acceptors (Lipinski definition) is 6. The van der Waals surface area contributed by atoms with E-state index in [-0.39, 0.29) is 23.0 Å². The van der Waals surface area contributed by atoms with E-state index in [2.05, 4.69) is 4.74 Å². The van der Waals surface area contributed by atoms with Gasteiger partial charge in [0.1, 0.15) is 17.9 Å². The lowest BCUT2D eigenvalue weighted by Crippen LogP contribution is -2.08. The summed E-state index contributed by atoms with van der Waals surface area (Å²) in [6.45, 7) is 1.64. The molecule has 0 aliphatic heterocycles. The molecule has 0 heterocycles. The molecule has 2 aromatic rings. The number of ether oxygens (including phenoxy) is 2. The fraction of sp³-hybridized carbons (Fsp3) is 0.250. The zero-order valence-electron chi connectivity index (χ0n) is 15.1. The fourth-order valence-electron chi connectivity index (χ4n) is 2.47. The van der Waals surface area contributed by atoms with E-state index in [1.807, 2.05) is 0 Å². The quantitative estimate of drug-likeness (QED) is 0.691. The lowest BCUT2D eigenvalue weighted by atomic mass is 10.0. The zero-order chi connectivity index (χ0) is 19.8. The molecular weight excluding hydrogens is 368 g/mol. The van der Waals surface area contributed by atoms with Gasteiger partial charge in [-0.3, -0.25) is 4.79 Å². The maximum Gasteiger partial charge on any atom is 0.339 e. The van der Waals surface area contributed by atoms with Gasteiger partial charge in [0.2, 0.25) is 0 Å². The first-order valence-electron chi connectivity index (χ1n) is 8.21. The van der Waals surface area contributed by atoms with Gasteiger partial charge in [0.05, 0.1) is 12.7 Å². The van der Waals surface area contributed by atoms with E-state index in [1.165, 1.54) is 14.0 Å². The summed E-state index contributed by atoms with van der Waals surface area (Å²) in [5, 5.41) is 9.57. The van der Waals surface area contributed by atoms with Crippen LogP contribution < -0.4 is 4.74 Å². The van der Waals surface area contributed by atoms with Crippen molar-refractivity contribution in [1.29, 1.82) is 0 Å². The Balaban J connectivity index is 2.12. The number of aryl methyl sites for hydroxylation is 1. The number of thioether (sulfide) groups is 1. The van der Waals surface area contributed by atoms with Crippen LogP contribution in [0, 0.1) is 0 Å². The number of hydrogen-bond donors (Lipinski definition) is 1. The number of methoxy groups -OCH3 is 1. The summed E-state index contributed by atoms with van der Waals surface area (Å²) in [7, 11) is 1.31. The summed E-state index contributed by atoms with van der Waals surface area (Å²) in [6.07, 6.45) is 0.455. The van der Waals surface area contributed by atoms with E-state index in [9.17, 15) is 19.5 Å². The Labute approximate surface area is 161 Å². The molecule has 0 bridgehead atoms. The average molecular weight is 388 g/mol. The largest absolute Gasteiger partial charge is 0.488 e. The van der Waals surface area contributed by atoms with Crippen molar-refractivity contribution in [3.05, 3.63) is 64.7 Å². The Kier molecular flexibility index (Phi) is 7.43. The third-order valence-corrected chi connectivity index (χ3v) is 4.59. The van der Waals surface area contributed by atoms with Gasteiger partial charge in [-0.15, -0.1) is 0 Å². The predicted octanol–water partition coefficient (Wildman–Crippen LogP) is 3.57. The van der Waals surface area contributed by atoms with Crippen molar-refractivity contribution in [2.45, 2.75) is 20.0 Å². The van der Waals surface area contributed by atoms with Gasteiger partial charge in [-0.05, 0) is 35.7 Å². The molecule has 1 N–H and O–H groups in total. The highest BCUT2D eigenvalue weighted by atomic mass is 32.2. The van der Waals surface area contributed by atoms with Crippen LogP contribution in [0.4, 0.5) is 0 Å². The minimum atomic E-state index is -1.07. The summed E-state index contributed by atoms with van der Waals surface area (Å²) < 4.78 is 10.4. The summed E-state index contributed by atoms with van der Waals surface area (Å²) in [5.74, 6) is -0.722. The number of rotatable bonds is 8. The van der Waals surface area contributed by atoms with E-state index in [4.69, 9.17) is 4.74 Å². The van der Waals surface area contributed by atoms with Gasteiger partial charge in [0.15, 0.2) is 5.12 Å². The lowest BCUT2D eigenvalue weighted by molar-refractivity contribution is -0.109. The first kappa shape index (κ1) is 20.5. The summed E-state index contributed by atoms with van der Waals surface area (Å²) >= 11 is 1.16. The third-order valence-electron chi connectivity index (χ3n) is 3.77. The molecule has 6 nitrogen and oxygen atoms in total. The second-order valence-corrected chi connectivity index (χ2v) is 6.93. The highest BCUT2D eigenvalue weighted by molar-refractivity contribution is 8.13. The molecule has 0 spiro atoms. The predicted molar refractivity (Wildman–Crippen MR) is 102 cm³/mol. The minimum Gasteiger partial charge on any atom is -0.488 e. The van der Waals surface area contributed by atoms with Gasteiger partial charge in [-0.25, -0.2) is 9.59 Å². The van der Waals surface area contributed by atoms with E-state index in [0.29, 0.717) is 23.3 Å². The van der Waals surface area contributed by atoms with Gasteiger partial charge < -0.3 is 14.6 Å². The minimum absolute atomic E-state index is 0.00492. The summed E-state index contributed by atoms with van der Waals surface area (Å²) in [5.41, 5.74) is 1.94. The molecule has 0 radical (unpaired) electrons. The van der Waals surface area contributed by atoms with Crippen molar-refractivity contribution in [3.63, 3.8) is 0 Å². The average Bonchev–Trinajstić information content (AvgIpc) is 2.65. The second kappa shape index (κ2) is 9.78. The van der Waals surface area contributed by atoms with Crippen molar-refractivity contribution in [1.82, 2.24) is 0 Å². The standard InChI is InChI=1S/C20H20O6S/c1-13(21)27-11-10-15-4-3-5-17(18(15)19(22)23)26-12-14-6-8-16(9-7-14)20(24)25-2/h3-9H,10-12H2,1-2H3,(H,22,23). The van der Waals surface area contributed by atoms with Gasteiger partial charge in [0.25, 0.3) is 0 Å². The van der Waals surface area contributed by atoms with Gasteiger partial charge in [0, 0.05) is 12.7 Å². The number of aromatic carboxylic acids is 1. The van der Waals surface area contributed by atoms with E-state index >= 15 is 0 Å². The van der Waals surface area contributed by atoms with Crippen LogP contribution in [0.1, 0.15) is 38.8 Å². The van der Waals surface area contributed by atoms with Crippen LogP contribution in [0.25, 0.3) is 0 Å². The number of carbonyl (C=O) groups excluding carboxylic acids is 2. The third kappa shape index (κ3) is 5.86. The van der Waals surface area contributed by atoms with Crippen LogP contribution in [0.15, 0.2) is 42.5 Å².